The molecule has 10 heteroatoms. The highest BCUT2D eigenvalue weighted by molar-refractivity contribution is 7.21. The summed E-state index contributed by atoms with van der Waals surface area (Å²) in [5.41, 5.74) is 0.695. The molecule has 3 unspecified atom stereocenters. The number of nitrogens with zero attached hydrogens (tertiary/aromatic N) is 3. The third-order valence-corrected chi connectivity index (χ3v) is 7.61. The summed E-state index contributed by atoms with van der Waals surface area (Å²) in [4.78, 5) is 14.2. The van der Waals surface area contributed by atoms with Crippen molar-refractivity contribution in [3.05, 3.63) is 30.0 Å². The first-order valence-electron chi connectivity index (χ1n) is 11.3. The van der Waals surface area contributed by atoms with E-state index in [1.807, 2.05) is 31.2 Å². The number of rotatable bonds is 6. The summed E-state index contributed by atoms with van der Waals surface area (Å²) < 4.78 is 6.49. The van der Waals surface area contributed by atoms with Gasteiger partial charge in [0.15, 0.2) is 5.72 Å². The maximum Gasteiger partial charge on any atom is 0.225 e. The number of aliphatic hydroxyl groups excluding tert-OH is 2. The van der Waals surface area contributed by atoms with Crippen LogP contribution in [0.15, 0.2) is 24.3 Å². The third-order valence-electron chi connectivity index (χ3n) is 6.55. The van der Waals surface area contributed by atoms with Gasteiger partial charge in [0.25, 0.3) is 0 Å². The Labute approximate surface area is 195 Å². The standard InChI is InChI=1S/C23H29N5O4S/c1-13-18(21-26-16-4-2-3-5-17(16)33-21)20(28-23(31)9-6-14(12-29)19(23)30)27-22(24-13)25-15-7-10-32-11-8-15/h2-5,14-15,19,29-31H,6-12H2,1H3,(H2,24,25,27,28). The van der Waals surface area contributed by atoms with Crippen molar-refractivity contribution in [3.8, 4) is 10.6 Å². The summed E-state index contributed by atoms with van der Waals surface area (Å²) in [6.45, 7) is 3.10. The van der Waals surface area contributed by atoms with Gasteiger partial charge in [0.2, 0.25) is 5.95 Å². The quantitative estimate of drug-likeness (QED) is 0.344. The summed E-state index contributed by atoms with van der Waals surface area (Å²) >= 11 is 1.53. The SMILES string of the molecule is Cc1nc(NC2CCOCC2)nc(NC2(O)CCC(CO)C2O)c1-c1nc2ccccc2s1. The molecule has 9 nitrogen and oxygen atoms in total. The molecule has 0 spiro atoms. The van der Waals surface area contributed by atoms with E-state index in [9.17, 15) is 15.3 Å². The molecule has 5 rings (SSSR count). The number of para-hydroxylation sites is 1. The van der Waals surface area contributed by atoms with Crippen molar-refractivity contribution in [3.63, 3.8) is 0 Å². The third kappa shape index (κ3) is 4.41. The molecule has 0 amide bonds. The number of fused-ring (bicyclic) bond motifs is 1. The number of benzene rings is 1. The lowest BCUT2D eigenvalue weighted by atomic mass is 10.0. The van der Waals surface area contributed by atoms with Gasteiger partial charge in [0.1, 0.15) is 16.9 Å². The maximum absolute atomic E-state index is 11.2. The molecule has 2 fully saturated rings. The van der Waals surface area contributed by atoms with Crippen LogP contribution in [0.25, 0.3) is 20.8 Å². The summed E-state index contributed by atoms with van der Waals surface area (Å²) in [6.07, 6.45) is 1.42. The van der Waals surface area contributed by atoms with Gasteiger partial charge in [-0.3, -0.25) is 0 Å². The largest absolute Gasteiger partial charge is 0.396 e. The first-order chi connectivity index (χ1) is 16.0. The molecule has 1 aliphatic heterocycles. The number of ether oxygens (including phenoxy) is 1. The minimum Gasteiger partial charge on any atom is -0.396 e. The van der Waals surface area contributed by atoms with Crippen LogP contribution < -0.4 is 10.6 Å². The topological polar surface area (TPSA) is 133 Å². The Morgan fingerprint density at radius 2 is 1.94 bits per heavy atom. The molecular weight excluding hydrogens is 442 g/mol. The highest BCUT2D eigenvalue weighted by atomic mass is 32.1. The van der Waals surface area contributed by atoms with E-state index >= 15 is 0 Å². The van der Waals surface area contributed by atoms with E-state index < -0.39 is 17.7 Å². The van der Waals surface area contributed by atoms with Crippen molar-refractivity contribution < 1.29 is 20.1 Å². The Balaban J connectivity index is 1.55. The average Bonchev–Trinajstić information content (AvgIpc) is 3.35. The highest BCUT2D eigenvalue weighted by Gasteiger charge is 2.47. The molecule has 2 aromatic heterocycles. The van der Waals surface area contributed by atoms with Gasteiger partial charge >= 0.3 is 0 Å². The van der Waals surface area contributed by atoms with Crippen LogP contribution >= 0.6 is 11.3 Å². The summed E-state index contributed by atoms with van der Waals surface area (Å²) in [5, 5.41) is 38.7. The van der Waals surface area contributed by atoms with Gasteiger partial charge in [-0.15, -0.1) is 11.3 Å². The van der Waals surface area contributed by atoms with E-state index in [-0.39, 0.29) is 12.6 Å². The van der Waals surface area contributed by atoms with E-state index in [2.05, 4.69) is 10.6 Å². The molecule has 1 aromatic carbocycles. The van der Waals surface area contributed by atoms with Crippen molar-refractivity contribution in [1.82, 2.24) is 15.0 Å². The number of hydrogen-bond donors (Lipinski definition) is 5. The van der Waals surface area contributed by atoms with Crippen LogP contribution in [0, 0.1) is 12.8 Å². The Bertz CT molecular complexity index is 1100. The van der Waals surface area contributed by atoms with Crippen LogP contribution in [0.4, 0.5) is 11.8 Å². The van der Waals surface area contributed by atoms with Crippen LogP contribution in [0.5, 0.6) is 0 Å². The monoisotopic (exact) mass is 471 g/mol. The number of aliphatic hydroxyl groups is 3. The first kappa shape index (κ1) is 22.4. The summed E-state index contributed by atoms with van der Waals surface area (Å²) in [6, 6.07) is 8.10. The Morgan fingerprint density at radius 3 is 2.67 bits per heavy atom. The molecule has 3 aromatic rings. The number of thiazole rings is 1. The number of aryl methyl sites for hydroxylation is 1. The Morgan fingerprint density at radius 1 is 1.15 bits per heavy atom. The van der Waals surface area contributed by atoms with Crippen LogP contribution in [-0.4, -0.2) is 68.0 Å². The second-order valence-electron chi connectivity index (χ2n) is 8.85. The lowest BCUT2D eigenvalue weighted by Crippen LogP contribution is -2.48. The summed E-state index contributed by atoms with van der Waals surface area (Å²) in [5.74, 6) is 0.481. The van der Waals surface area contributed by atoms with Gasteiger partial charge in [0.05, 0.1) is 21.5 Å². The fourth-order valence-electron chi connectivity index (χ4n) is 4.62. The first-order valence-corrected chi connectivity index (χ1v) is 12.2. The van der Waals surface area contributed by atoms with Crippen LogP contribution in [0.2, 0.25) is 0 Å². The molecule has 3 heterocycles. The minimum atomic E-state index is -1.60. The lowest BCUT2D eigenvalue weighted by Gasteiger charge is -2.31. The number of nitrogens with one attached hydrogen (secondary N) is 2. The Kier molecular flexibility index (Phi) is 6.19. The van der Waals surface area contributed by atoms with Gasteiger partial charge in [-0.2, -0.15) is 4.98 Å². The van der Waals surface area contributed by atoms with Crippen LogP contribution in [0.1, 0.15) is 31.4 Å². The fraction of sp³-hybridized carbons (Fsp3) is 0.522. The van der Waals surface area contributed by atoms with Crippen molar-refractivity contribution >= 4 is 33.3 Å². The van der Waals surface area contributed by atoms with Crippen LogP contribution in [0.3, 0.4) is 0 Å². The van der Waals surface area contributed by atoms with Gasteiger partial charge in [-0.05, 0) is 44.7 Å². The molecule has 176 valence electrons. The van der Waals surface area contributed by atoms with Crippen LogP contribution in [-0.2, 0) is 4.74 Å². The summed E-state index contributed by atoms with van der Waals surface area (Å²) in [7, 11) is 0. The number of aromatic nitrogens is 3. The van der Waals surface area contributed by atoms with E-state index in [0.717, 1.165) is 33.8 Å². The van der Waals surface area contributed by atoms with E-state index in [1.54, 1.807) is 0 Å². The van der Waals surface area contributed by atoms with Gasteiger partial charge in [-0.25, -0.2) is 9.97 Å². The molecule has 2 aliphatic rings. The van der Waals surface area contributed by atoms with Crippen molar-refractivity contribution in [2.24, 2.45) is 5.92 Å². The Hall–Kier alpha value is -2.37. The van der Waals surface area contributed by atoms with E-state index in [0.29, 0.717) is 43.4 Å². The average molecular weight is 472 g/mol. The smallest absolute Gasteiger partial charge is 0.225 e. The molecule has 1 saturated carbocycles. The minimum absolute atomic E-state index is 0.185. The molecular formula is C23H29N5O4S. The highest BCUT2D eigenvalue weighted by Crippen LogP contribution is 2.40. The number of anilines is 2. The van der Waals surface area contributed by atoms with Gasteiger partial charge < -0.3 is 30.7 Å². The van der Waals surface area contributed by atoms with Crippen molar-refractivity contribution in [2.75, 3.05) is 30.5 Å². The number of hydrogen-bond acceptors (Lipinski definition) is 10. The van der Waals surface area contributed by atoms with Crippen molar-refractivity contribution in [1.29, 1.82) is 0 Å². The molecule has 1 aliphatic carbocycles. The van der Waals surface area contributed by atoms with Gasteiger partial charge in [0, 0.05) is 31.8 Å². The fourth-order valence-corrected chi connectivity index (χ4v) is 5.68. The zero-order valence-electron chi connectivity index (χ0n) is 18.5. The molecule has 5 N–H and O–H groups in total. The molecule has 0 bridgehead atoms. The normalized spacial score (nSPS) is 26.1. The van der Waals surface area contributed by atoms with Crippen molar-refractivity contribution in [2.45, 2.75) is 50.5 Å². The second kappa shape index (κ2) is 9.11. The predicted molar refractivity (Wildman–Crippen MR) is 127 cm³/mol. The van der Waals surface area contributed by atoms with E-state index in [4.69, 9.17) is 19.7 Å². The second-order valence-corrected chi connectivity index (χ2v) is 9.88. The predicted octanol–water partition coefficient (Wildman–Crippen LogP) is 2.52. The lowest BCUT2D eigenvalue weighted by molar-refractivity contribution is -0.0545. The molecule has 1 saturated heterocycles. The van der Waals surface area contributed by atoms with Gasteiger partial charge in [-0.1, -0.05) is 12.1 Å². The molecule has 0 radical (unpaired) electrons. The maximum atomic E-state index is 11.2. The van der Waals surface area contributed by atoms with E-state index in [1.165, 1.54) is 11.3 Å². The zero-order valence-corrected chi connectivity index (χ0v) is 19.3. The molecule has 3 atom stereocenters. The molecule has 33 heavy (non-hydrogen) atoms. The zero-order chi connectivity index (χ0) is 23.0.